The van der Waals surface area contributed by atoms with Crippen molar-refractivity contribution in [3.8, 4) is 0 Å². The summed E-state index contributed by atoms with van der Waals surface area (Å²) in [6.45, 7) is 6.65. The van der Waals surface area contributed by atoms with Crippen LogP contribution in [0.3, 0.4) is 0 Å². The third-order valence-electron chi connectivity index (χ3n) is 2.88. The lowest BCUT2D eigenvalue weighted by atomic mass is 10.0. The predicted molar refractivity (Wildman–Crippen MR) is 63.7 cm³/mol. The lowest BCUT2D eigenvalue weighted by Crippen LogP contribution is -2.22. The van der Waals surface area contributed by atoms with E-state index in [2.05, 4.69) is 44.3 Å². The van der Waals surface area contributed by atoms with Gasteiger partial charge in [-0.25, -0.2) is 0 Å². The number of hydrogen-bond donors (Lipinski definition) is 1. The highest BCUT2D eigenvalue weighted by molar-refractivity contribution is 7.99. The Morgan fingerprint density at radius 2 is 2.14 bits per heavy atom. The maximum Gasteiger partial charge on any atom is 0.0794 e. The van der Waals surface area contributed by atoms with Crippen LogP contribution in [-0.4, -0.2) is 11.8 Å². The highest BCUT2D eigenvalue weighted by atomic mass is 32.2. The molecule has 1 aliphatic heterocycles. The number of thioether (sulfide) groups is 1. The molecule has 0 spiro atoms. The molecule has 1 N–H and O–H groups in total. The van der Waals surface area contributed by atoms with Crippen molar-refractivity contribution in [3.63, 3.8) is 0 Å². The van der Waals surface area contributed by atoms with Crippen LogP contribution in [0.25, 0.3) is 0 Å². The largest absolute Gasteiger partial charge is 0.298 e. The Bertz CT molecular complexity index is 335. The van der Waals surface area contributed by atoms with Gasteiger partial charge in [-0.15, -0.1) is 11.8 Å². The third kappa shape index (κ3) is 1.82. The Morgan fingerprint density at radius 3 is 2.79 bits per heavy atom. The second kappa shape index (κ2) is 3.95. The standard InChI is InChI=1S/C12H17NS/c1-8-5-4-6-11(10(8)3)12-13-9(2)7-14-12/h4-6,9,12-13H,7H2,1-3H3. The molecule has 2 unspecified atom stereocenters. The van der Waals surface area contributed by atoms with Gasteiger partial charge in [0.1, 0.15) is 0 Å². The lowest BCUT2D eigenvalue weighted by Gasteiger charge is -2.15. The minimum Gasteiger partial charge on any atom is -0.298 e. The topological polar surface area (TPSA) is 12.0 Å². The molecule has 0 bridgehead atoms. The fourth-order valence-electron chi connectivity index (χ4n) is 1.83. The van der Waals surface area contributed by atoms with Crippen LogP contribution in [0.1, 0.15) is 29.0 Å². The van der Waals surface area contributed by atoms with E-state index in [-0.39, 0.29) is 0 Å². The number of benzene rings is 1. The minimum absolute atomic E-state index is 0.505. The Balaban J connectivity index is 2.28. The molecule has 1 saturated heterocycles. The first-order valence-electron chi connectivity index (χ1n) is 5.12. The van der Waals surface area contributed by atoms with E-state index in [1.807, 2.05) is 11.8 Å². The fourth-order valence-corrected chi connectivity index (χ4v) is 3.17. The summed E-state index contributed by atoms with van der Waals surface area (Å²) in [6, 6.07) is 7.22. The number of nitrogens with one attached hydrogen (secondary N) is 1. The summed E-state index contributed by atoms with van der Waals surface area (Å²) >= 11 is 2.02. The molecule has 2 heteroatoms. The molecule has 14 heavy (non-hydrogen) atoms. The first kappa shape index (κ1) is 10.1. The van der Waals surface area contributed by atoms with Gasteiger partial charge in [0.05, 0.1) is 5.37 Å². The van der Waals surface area contributed by atoms with E-state index in [0.29, 0.717) is 11.4 Å². The van der Waals surface area contributed by atoms with Gasteiger partial charge in [-0.2, -0.15) is 0 Å². The molecule has 0 aromatic heterocycles. The average molecular weight is 207 g/mol. The van der Waals surface area contributed by atoms with Crippen molar-refractivity contribution < 1.29 is 0 Å². The van der Waals surface area contributed by atoms with Crippen molar-refractivity contribution in [3.05, 3.63) is 34.9 Å². The summed E-state index contributed by atoms with van der Waals surface area (Å²) in [5.74, 6) is 1.22. The van der Waals surface area contributed by atoms with E-state index >= 15 is 0 Å². The number of hydrogen-bond acceptors (Lipinski definition) is 2. The summed E-state index contributed by atoms with van der Waals surface area (Å²) in [5, 5.41) is 4.11. The van der Waals surface area contributed by atoms with Crippen LogP contribution in [0.5, 0.6) is 0 Å². The van der Waals surface area contributed by atoms with E-state index in [9.17, 15) is 0 Å². The summed E-state index contributed by atoms with van der Waals surface area (Å²) in [5.41, 5.74) is 4.29. The second-order valence-electron chi connectivity index (χ2n) is 4.07. The molecule has 0 aliphatic carbocycles. The predicted octanol–water partition coefficient (Wildman–Crippen LogP) is 3.03. The smallest absolute Gasteiger partial charge is 0.0794 e. The molecular weight excluding hydrogens is 190 g/mol. The second-order valence-corrected chi connectivity index (χ2v) is 5.21. The van der Waals surface area contributed by atoms with Crippen molar-refractivity contribution >= 4 is 11.8 Å². The maximum atomic E-state index is 3.60. The third-order valence-corrected chi connectivity index (χ3v) is 4.29. The van der Waals surface area contributed by atoms with Gasteiger partial charge < -0.3 is 0 Å². The normalized spacial score (nSPS) is 26.8. The molecule has 2 atom stereocenters. The van der Waals surface area contributed by atoms with Crippen LogP contribution in [-0.2, 0) is 0 Å². The van der Waals surface area contributed by atoms with Crippen LogP contribution in [0, 0.1) is 13.8 Å². The monoisotopic (exact) mass is 207 g/mol. The van der Waals surface area contributed by atoms with E-state index in [0.717, 1.165) is 0 Å². The van der Waals surface area contributed by atoms with Gasteiger partial charge >= 0.3 is 0 Å². The zero-order chi connectivity index (χ0) is 10.1. The Hall–Kier alpha value is -0.470. The van der Waals surface area contributed by atoms with Gasteiger partial charge in [0.15, 0.2) is 0 Å². The molecule has 1 aromatic carbocycles. The molecule has 1 aromatic rings. The molecule has 1 heterocycles. The zero-order valence-corrected chi connectivity index (χ0v) is 9.82. The maximum absolute atomic E-state index is 3.60. The molecule has 1 fully saturated rings. The first-order chi connectivity index (χ1) is 6.68. The van der Waals surface area contributed by atoms with Crippen LogP contribution in [0.2, 0.25) is 0 Å². The van der Waals surface area contributed by atoms with Gasteiger partial charge in [0.2, 0.25) is 0 Å². The molecule has 0 radical (unpaired) electrons. The lowest BCUT2D eigenvalue weighted by molar-refractivity contribution is 0.616. The Morgan fingerprint density at radius 1 is 1.36 bits per heavy atom. The summed E-state index contributed by atoms with van der Waals surface area (Å²) < 4.78 is 0. The molecular formula is C12H17NS. The highest BCUT2D eigenvalue weighted by Gasteiger charge is 2.23. The minimum atomic E-state index is 0.505. The van der Waals surface area contributed by atoms with Crippen molar-refractivity contribution in [2.45, 2.75) is 32.2 Å². The first-order valence-corrected chi connectivity index (χ1v) is 6.17. The molecule has 0 amide bonds. The van der Waals surface area contributed by atoms with E-state index in [1.54, 1.807) is 0 Å². The Kier molecular flexibility index (Phi) is 2.84. The van der Waals surface area contributed by atoms with Gasteiger partial charge in [-0.05, 0) is 37.5 Å². The molecule has 0 saturated carbocycles. The number of rotatable bonds is 1. The summed E-state index contributed by atoms with van der Waals surface area (Å²) in [6.07, 6.45) is 0. The summed E-state index contributed by atoms with van der Waals surface area (Å²) in [4.78, 5) is 0. The van der Waals surface area contributed by atoms with E-state index in [1.165, 1.54) is 22.4 Å². The SMILES string of the molecule is Cc1cccc(C2NC(C)CS2)c1C. The van der Waals surface area contributed by atoms with Crippen LogP contribution in [0.15, 0.2) is 18.2 Å². The van der Waals surface area contributed by atoms with Crippen LogP contribution >= 0.6 is 11.8 Å². The number of aryl methyl sites for hydroxylation is 1. The van der Waals surface area contributed by atoms with E-state index in [4.69, 9.17) is 0 Å². The summed E-state index contributed by atoms with van der Waals surface area (Å²) in [7, 11) is 0. The molecule has 76 valence electrons. The zero-order valence-electron chi connectivity index (χ0n) is 9.00. The molecule has 1 aliphatic rings. The van der Waals surface area contributed by atoms with Crippen molar-refractivity contribution in [2.24, 2.45) is 0 Å². The van der Waals surface area contributed by atoms with Crippen molar-refractivity contribution in [1.82, 2.24) is 5.32 Å². The van der Waals surface area contributed by atoms with Gasteiger partial charge in [-0.3, -0.25) is 5.32 Å². The highest BCUT2D eigenvalue weighted by Crippen LogP contribution is 2.34. The molecule has 2 rings (SSSR count). The molecule has 1 nitrogen and oxygen atoms in total. The van der Waals surface area contributed by atoms with Crippen molar-refractivity contribution in [1.29, 1.82) is 0 Å². The van der Waals surface area contributed by atoms with Gasteiger partial charge in [-0.1, -0.05) is 18.2 Å². The van der Waals surface area contributed by atoms with Gasteiger partial charge in [0, 0.05) is 11.8 Å². The van der Waals surface area contributed by atoms with E-state index < -0.39 is 0 Å². The fraction of sp³-hybridized carbons (Fsp3) is 0.500. The van der Waals surface area contributed by atoms with Crippen LogP contribution < -0.4 is 5.32 Å². The van der Waals surface area contributed by atoms with Gasteiger partial charge in [0.25, 0.3) is 0 Å². The average Bonchev–Trinajstić information content (AvgIpc) is 2.57. The van der Waals surface area contributed by atoms with Crippen LogP contribution in [0.4, 0.5) is 0 Å². The quantitative estimate of drug-likeness (QED) is 0.759. The Labute approximate surface area is 90.3 Å². The van der Waals surface area contributed by atoms with Crippen molar-refractivity contribution in [2.75, 3.05) is 5.75 Å².